The molecule has 2 N–H and O–H groups in total. The number of nitrogens with zero attached hydrogens (tertiary/aromatic N) is 1. The van der Waals surface area contributed by atoms with Gasteiger partial charge in [-0.15, -0.1) is 11.8 Å². The van der Waals surface area contributed by atoms with Crippen molar-refractivity contribution in [1.29, 1.82) is 0 Å². The smallest absolute Gasteiger partial charge is 0.355 e. The molecule has 1 aromatic rings. The van der Waals surface area contributed by atoms with Gasteiger partial charge >= 0.3 is 11.9 Å². The van der Waals surface area contributed by atoms with E-state index in [0.717, 1.165) is 5.56 Å². The topological polar surface area (TPSA) is 108 Å². The van der Waals surface area contributed by atoms with Gasteiger partial charge in [0, 0.05) is 18.2 Å². The minimum atomic E-state index is -0.654. The van der Waals surface area contributed by atoms with E-state index in [1.165, 1.54) is 23.6 Å². The molecule has 28 heavy (non-hydrogen) atoms. The van der Waals surface area contributed by atoms with E-state index in [9.17, 15) is 14.4 Å². The number of rotatable bonds is 6. The lowest BCUT2D eigenvalue weighted by Gasteiger charge is -2.48. The third-order valence-corrected chi connectivity index (χ3v) is 5.92. The van der Waals surface area contributed by atoms with E-state index in [1.54, 1.807) is 38.3 Å². The second-order valence-electron chi connectivity index (χ2n) is 6.49. The Kier molecular flexibility index (Phi) is 5.95. The molecule has 0 aliphatic carbocycles. The van der Waals surface area contributed by atoms with Crippen molar-refractivity contribution >= 4 is 29.6 Å². The van der Waals surface area contributed by atoms with Crippen molar-refractivity contribution in [3.05, 3.63) is 41.1 Å². The highest BCUT2D eigenvalue weighted by molar-refractivity contribution is 8.00. The van der Waals surface area contributed by atoms with Crippen LogP contribution in [0.3, 0.4) is 0 Å². The minimum absolute atomic E-state index is 0.0352. The molecule has 0 bridgehead atoms. The second kappa shape index (κ2) is 8.24. The summed E-state index contributed by atoms with van der Waals surface area (Å²) in [7, 11) is 1.57. The van der Waals surface area contributed by atoms with Gasteiger partial charge in [0.1, 0.15) is 35.6 Å². The maximum atomic E-state index is 12.8. The van der Waals surface area contributed by atoms with E-state index in [-0.39, 0.29) is 23.6 Å². The van der Waals surface area contributed by atoms with Gasteiger partial charge in [-0.1, -0.05) is 12.1 Å². The molecular weight excluding hydrogens is 384 g/mol. The van der Waals surface area contributed by atoms with Crippen molar-refractivity contribution in [2.75, 3.05) is 12.9 Å². The molecule has 2 heterocycles. The summed E-state index contributed by atoms with van der Waals surface area (Å²) in [6.07, 6.45) is -0.654. The van der Waals surface area contributed by atoms with Crippen LogP contribution in [0.2, 0.25) is 0 Å². The van der Waals surface area contributed by atoms with Gasteiger partial charge < -0.3 is 19.9 Å². The maximum absolute atomic E-state index is 12.8. The first kappa shape index (κ1) is 20.2. The Morgan fingerprint density at radius 1 is 1.32 bits per heavy atom. The summed E-state index contributed by atoms with van der Waals surface area (Å²) < 4.78 is 15.8. The number of benzene rings is 1. The van der Waals surface area contributed by atoms with Crippen LogP contribution < -0.4 is 10.5 Å². The zero-order valence-corrected chi connectivity index (χ0v) is 16.7. The first-order valence-corrected chi connectivity index (χ1v) is 9.79. The van der Waals surface area contributed by atoms with Crippen LogP contribution in [0.15, 0.2) is 35.5 Å². The maximum Gasteiger partial charge on any atom is 0.355 e. The van der Waals surface area contributed by atoms with E-state index in [2.05, 4.69) is 0 Å². The normalized spacial score (nSPS) is 22.1. The number of esters is 2. The third kappa shape index (κ3) is 3.85. The fourth-order valence-corrected chi connectivity index (χ4v) is 4.50. The van der Waals surface area contributed by atoms with Crippen LogP contribution >= 0.6 is 11.8 Å². The Morgan fingerprint density at radius 2 is 2.00 bits per heavy atom. The van der Waals surface area contributed by atoms with Crippen LogP contribution in [-0.2, 0) is 30.5 Å². The lowest BCUT2D eigenvalue weighted by atomic mass is 10.0. The summed E-state index contributed by atoms with van der Waals surface area (Å²) in [4.78, 5) is 37.8. The highest BCUT2D eigenvalue weighted by Crippen LogP contribution is 2.41. The van der Waals surface area contributed by atoms with Crippen LogP contribution in [0.4, 0.5) is 0 Å². The molecule has 2 aliphatic heterocycles. The Bertz CT molecular complexity index is 822. The number of hydrogen-bond donors (Lipinski definition) is 1. The number of thioether (sulfide) groups is 1. The van der Waals surface area contributed by atoms with Gasteiger partial charge in [-0.25, -0.2) is 4.79 Å². The number of methoxy groups -OCH3 is 1. The van der Waals surface area contributed by atoms with Crippen LogP contribution in [0, 0.1) is 0 Å². The number of β-lactam (4-membered cyclic amide) rings is 1. The predicted octanol–water partition coefficient (Wildman–Crippen LogP) is 1.19. The molecule has 1 saturated heterocycles. The van der Waals surface area contributed by atoms with Crippen LogP contribution in [0.1, 0.15) is 19.4 Å². The van der Waals surface area contributed by atoms with E-state index in [0.29, 0.717) is 17.1 Å². The van der Waals surface area contributed by atoms with E-state index in [1.807, 2.05) is 0 Å². The predicted molar refractivity (Wildman–Crippen MR) is 102 cm³/mol. The SMILES string of the molecule is COc1ccc(COC(=O)C2=C(C(C)OC(C)=O)CS[C@H]3[C@@H](N)C(=O)N23)cc1. The molecule has 9 heteroatoms. The van der Waals surface area contributed by atoms with Crippen molar-refractivity contribution < 1.29 is 28.6 Å². The highest BCUT2D eigenvalue weighted by atomic mass is 32.2. The zero-order valence-electron chi connectivity index (χ0n) is 15.8. The number of amides is 1. The standard InChI is InChI=1S/C19H22N2O6S/c1-10(27-11(2)22)14-9-28-18-15(20)17(23)21(18)16(14)19(24)26-8-12-4-6-13(25-3)7-5-12/h4-7,10,15,18H,8-9,20H2,1-3H3/t10?,15-,18-/m0/s1. The Hall–Kier alpha value is -2.52. The van der Waals surface area contributed by atoms with Gasteiger partial charge in [-0.3, -0.25) is 14.5 Å². The summed E-state index contributed by atoms with van der Waals surface area (Å²) in [6.45, 7) is 2.99. The quantitative estimate of drug-likeness (QED) is 0.554. The molecule has 3 atom stereocenters. The largest absolute Gasteiger partial charge is 0.497 e. The average Bonchev–Trinajstić information content (AvgIpc) is 2.70. The fourth-order valence-electron chi connectivity index (χ4n) is 3.10. The van der Waals surface area contributed by atoms with E-state index >= 15 is 0 Å². The molecule has 0 aromatic heterocycles. The molecule has 0 radical (unpaired) electrons. The lowest BCUT2D eigenvalue weighted by Crippen LogP contribution is -2.68. The first-order chi connectivity index (χ1) is 13.3. The molecule has 0 saturated carbocycles. The van der Waals surface area contributed by atoms with Gasteiger partial charge in [0.25, 0.3) is 0 Å². The molecular formula is C19H22N2O6S. The van der Waals surface area contributed by atoms with Gasteiger partial charge in [-0.2, -0.15) is 0 Å². The monoisotopic (exact) mass is 406 g/mol. The van der Waals surface area contributed by atoms with Crippen LogP contribution in [0.25, 0.3) is 0 Å². The summed E-state index contributed by atoms with van der Waals surface area (Å²) in [6, 6.07) is 6.45. The fraction of sp³-hybridized carbons (Fsp3) is 0.421. The Morgan fingerprint density at radius 3 is 2.61 bits per heavy atom. The van der Waals surface area contributed by atoms with Crippen molar-refractivity contribution in [1.82, 2.24) is 4.90 Å². The van der Waals surface area contributed by atoms with Gasteiger partial charge in [-0.05, 0) is 24.6 Å². The summed E-state index contributed by atoms with van der Waals surface area (Å²) in [5.41, 5.74) is 7.29. The van der Waals surface area contributed by atoms with E-state index in [4.69, 9.17) is 19.9 Å². The molecule has 1 unspecified atom stereocenters. The average molecular weight is 406 g/mol. The Balaban J connectivity index is 1.81. The molecule has 3 rings (SSSR count). The van der Waals surface area contributed by atoms with Gasteiger partial charge in [0.15, 0.2) is 0 Å². The lowest BCUT2D eigenvalue weighted by molar-refractivity contribution is -0.152. The number of fused-ring (bicyclic) bond motifs is 1. The molecule has 1 fully saturated rings. The summed E-state index contributed by atoms with van der Waals surface area (Å²) >= 11 is 1.44. The minimum Gasteiger partial charge on any atom is -0.497 e. The Labute approximate surface area is 167 Å². The third-order valence-electron chi connectivity index (χ3n) is 4.59. The molecule has 1 aromatic carbocycles. The zero-order chi connectivity index (χ0) is 20.4. The highest BCUT2D eigenvalue weighted by Gasteiger charge is 2.52. The van der Waals surface area contributed by atoms with Gasteiger partial charge in [0.2, 0.25) is 5.91 Å². The molecule has 2 aliphatic rings. The number of carbonyl (C=O) groups excluding carboxylic acids is 3. The van der Waals surface area contributed by atoms with E-state index < -0.39 is 24.1 Å². The van der Waals surface area contributed by atoms with Crippen molar-refractivity contribution in [3.63, 3.8) is 0 Å². The number of hydrogen-bond acceptors (Lipinski definition) is 8. The molecule has 1 amide bonds. The van der Waals surface area contributed by atoms with Crippen LogP contribution in [0.5, 0.6) is 5.75 Å². The second-order valence-corrected chi connectivity index (χ2v) is 7.59. The van der Waals surface area contributed by atoms with Crippen LogP contribution in [-0.4, -0.2) is 53.1 Å². The number of ether oxygens (including phenoxy) is 3. The van der Waals surface area contributed by atoms with Crippen molar-refractivity contribution in [3.8, 4) is 5.75 Å². The van der Waals surface area contributed by atoms with Crippen molar-refractivity contribution in [2.24, 2.45) is 5.73 Å². The molecule has 8 nitrogen and oxygen atoms in total. The molecule has 150 valence electrons. The van der Waals surface area contributed by atoms with Crippen molar-refractivity contribution in [2.45, 2.75) is 38.0 Å². The first-order valence-electron chi connectivity index (χ1n) is 8.74. The summed E-state index contributed by atoms with van der Waals surface area (Å²) in [5.74, 6) is -0.340. The number of nitrogens with two attached hydrogens (primary N) is 1. The van der Waals surface area contributed by atoms with Gasteiger partial charge in [0.05, 0.1) is 7.11 Å². The summed E-state index contributed by atoms with van der Waals surface area (Å²) in [5, 5.41) is -0.315. The molecule has 0 spiro atoms. The number of carbonyl (C=O) groups is 3.